The van der Waals surface area contributed by atoms with Crippen molar-refractivity contribution in [2.24, 2.45) is 5.92 Å². The van der Waals surface area contributed by atoms with Gasteiger partial charge in [-0.15, -0.1) is 0 Å². The van der Waals surface area contributed by atoms with Gasteiger partial charge in [-0.05, 0) is 55.8 Å². The molecule has 1 N–H and O–H groups in total. The van der Waals surface area contributed by atoms with Crippen LogP contribution in [0.3, 0.4) is 0 Å². The summed E-state index contributed by atoms with van der Waals surface area (Å²) in [5, 5.41) is 8.41. The van der Waals surface area contributed by atoms with E-state index in [0.29, 0.717) is 17.7 Å². The van der Waals surface area contributed by atoms with Crippen molar-refractivity contribution in [3.8, 4) is 5.75 Å². The molecule has 1 aromatic carbocycles. The highest BCUT2D eigenvalue weighted by molar-refractivity contribution is 5.93. The molecule has 0 spiro atoms. The molecular formula is C23H34N4O2. The van der Waals surface area contributed by atoms with E-state index >= 15 is 0 Å². The Balaban J connectivity index is 1.68. The molecule has 0 aliphatic heterocycles. The van der Waals surface area contributed by atoms with Crippen LogP contribution in [0, 0.1) is 5.92 Å². The van der Waals surface area contributed by atoms with Gasteiger partial charge in [0.15, 0.2) is 5.69 Å². The fourth-order valence-corrected chi connectivity index (χ4v) is 3.99. The van der Waals surface area contributed by atoms with Crippen molar-refractivity contribution in [2.45, 2.75) is 52.1 Å². The Bertz CT molecular complexity index is 841. The van der Waals surface area contributed by atoms with Crippen LogP contribution >= 0.6 is 0 Å². The van der Waals surface area contributed by atoms with Crippen LogP contribution in [-0.4, -0.2) is 54.4 Å². The number of ether oxygens (including phenoxy) is 1. The molecular weight excluding hydrogens is 364 g/mol. The average molecular weight is 399 g/mol. The highest BCUT2D eigenvalue weighted by Gasteiger charge is 2.29. The molecule has 0 fully saturated rings. The summed E-state index contributed by atoms with van der Waals surface area (Å²) >= 11 is 0. The van der Waals surface area contributed by atoms with Gasteiger partial charge in [-0.2, -0.15) is 5.10 Å². The van der Waals surface area contributed by atoms with Gasteiger partial charge >= 0.3 is 0 Å². The van der Waals surface area contributed by atoms with Crippen LogP contribution in [0.5, 0.6) is 5.75 Å². The highest BCUT2D eigenvalue weighted by atomic mass is 16.5. The minimum absolute atomic E-state index is 0.000728. The molecule has 6 heteroatoms. The van der Waals surface area contributed by atoms with Crippen LogP contribution in [0.2, 0.25) is 0 Å². The zero-order valence-corrected chi connectivity index (χ0v) is 18.4. The molecule has 0 saturated heterocycles. The molecule has 0 bridgehead atoms. The van der Waals surface area contributed by atoms with Crippen molar-refractivity contribution >= 4 is 5.91 Å². The van der Waals surface area contributed by atoms with Gasteiger partial charge in [0, 0.05) is 37.9 Å². The predicted molar refractivity (Wildman–Crippen MR) is 116 cm³/mol. The molecule has 0 radical (unpaired) electrons. The number of carbonyl (C=O) groups excluding carboxylic acids is 1. The maximum absolute atomic E-state index is 12.7. The normalized spacial score (nSPS) is 16.0. The minimum atomic E-state index is 0.000728. The molecule has 0 saturated carbocycles. The van der Waals surface area contributed by atoms with Crippen molar-refractivity contribution in [3.05, 3.63) is 46.8 Å². The summed E-state index contributed by atoms with van der Waals surface area (Å²) in [7, 11) is 5.29. The Hall–Kier alpha value is -2.34. The third-order valence-corrected chi connectivity index (χ3v) is 5.47. The molecule has 1 heterocycles. The van der Waals surface area contributed by atoms with Crippen LogP contribution in [-0.2, 0) is 25.8 Å². The number of amides is 1. The fraction of sp³-hybridized carbons (Fsp3) is 0.565. The lowest BCUT2D eigenvalue weighted by atomic mass is 9.91. The van der Waals surface area contributed by atoms with E-state index in [-0.39, 0.29) is 5.91 Å². The maximum Gasteiger partial charge on any atom is 0.274 e. The van der Waals surface area contributed by atoms with E-state index in [1.807, 2.05) is 12.1 Å². The maximum atomic E-state index is 12.7. The third kappa shape index (κ3) is 5.18. The van der Waals surface area contributed by atoms with Crippen molar-refractivity contribution in [2.75, 3.05) is 27.7 Å². The van der Waals surface area contributed by atoms with Crippen molar-refractivity contribution in [3.63, 3.8) is 0 Å². The summed E-state index contributed by atoms with van der Waals surface area (Å²) in [5.74, 6) is 1.40. The Kier molecular flexibility index (Phi) is 6.96. The first-order chi connectivity index (χ1) is 13.9. The largest absolute Gasteiger partial charge is 0.497 e. The topological polar surface area (TPSA) is 59.4 Å². The van der Waals surface area contributed by atoms with Gasteiger partial charge in [0.1, 0.15) is 5.75 Å². The first kappa shape index (κ1) is 21.4. The molecule has 1 unspecified atom stereocenters. The van der Waals surface area contributed by atoms with Gasteiger partial charge < -0.3 is 15.0 Å². The van der Waals surface area contributed by atoms with Gasteiger partial charge in [-0.25, -0.2) is 0 Å². The molecule has 1 aromatic heterocycles. The lowest BCUT2D eigenvalue weighted by Gasteiger charge is -2.25. The van der Waals surface area contributed by atoms with Crippen LogP contribution < -0.4 is 10.1 Å². The first-order valence-electron chi connectivity index (χ1n) is 10.6. The van der Waals surface area contributed by atoms with Crippen LogP contribution in [0.25, 0.3) is 0 Å². The molecule has 3 rings (SSSR count). The Morgan fingerprint density at radius 3 is 2.86 bits per heavy atom. The first-order valence-corrected chi connectivity index (χ1v) is 10.6. The second-order valence-corrected chi connectivity index (χ2v) is 8.54. The molecule has 29 heavy (non-hydrogen) atoms. The number of benzene rings is 1. The SMILES string of the molecule is COc1cccc(CCNC2CCc3c(c(C(=O)N(C)C)nn3CC(C)C)C2)c1. The zero-order chi connectivity index (χ0) is 21.0. The predicted octanol–water partition coefficient (Wildman–Crippen LogP) is 2.94. The number of hydrogen-bond acceptors (Lipinski definition) is 4. The molecule has 1 aliphatic carbocycles. The fourth-order valence-electron chi connectivity index (χ4n) is 3.99. The van der Waals surface area contributed by atoms with Gasteiger partial charge in [0.25, 0.3) is 5.91 Å². The van der Waals surface area contributed by atoms with Crippen LogP contribution in [0.1, 0.15) is 47.6 Å². The Morgan fingerprint density at radius 1 is 1.38 bits per heavy atom. The monoisotopic (exact) mass is 398 g/mol. The Morgan fingerprint density at radius 2 is 2.17 bits per heavy atom. The van der Waals surface area contributed by atoms with E-state index in [2.05, 4.69) is 36.0 Å². The lowest BCUT2D eigenvalue weighted by Crippen LogP contribution is -2.36. The molecule has 1 aliphatic rings. The molecule has 158 valence electrons. The van der Waals surface area contributed by atoms with E-state index in [1.54, 1.807) is 26.1 Å². The second-order valence-electron chi connectivity index (χ2n) is 8.54. The van der Waals surface area contributed by atoms with E-state index in [1.165, 1.54) is 11.3 Å². The quantitative estimate of drug-likeness (QED) is 0.743. The highest BCUT2D eigenvalue weighted by Crippen LogP contribution is 2.26. The van der Waals surface area contributed by atoms with Gasteiger partial charge in [0.05, 0.1) is 7.11 Å². The standard InChI is InChI=1S/C23H34N4O2/c1-16(2)15-27-21-10-9-18(14-20(21)22(25-27)23(28)26(3)4)24-12-11-17-7-6-8-19(13-17)29-5/h6-8,13,16,18,24H,9-12,14-15H2,1-5H3. The number of methoxy groups -OCH3 is 1. The van der Waals surface area contributed by atoms with E-state index in [4.69, 9.17) is 9.84 Å². The van der Waals surface area contributed by atoms with Crippen molar-refractivity contribution < 1.29 is 9.53 Å². The van der Waals surface area contributed by atoms with E-state index in [0.717, 1.165) is 50.1 Å². The minimum Gasteiger partial charge on any atom is -0.497 e. The number of rotatable bonds is 8. The smallest absolute Gasteiger partial charge is 0.274 e. The lowest BCUT2D eigenvalue weighted by molar-refractivity contribution is 0.0819. The van der Waals surface area contributed by atoms with Crippen molar-refractivity contribution in [1.29, 1.82) is 0 Å². The van der Waals surface area contributed by atoms with Gasteiger partial charge in [0.2, 0.25) is 0 Å². The number of nitrogens with zero attached hydrogens (tertiary/aromatic N) is 3. The number of hydrogen-bond donors (Lipinski definition) is 1. The summed E-state index contributed by atoms with van der Waals surface area (Å²) in [4.78, 5) is 14.3. The third-order valence-electron chi connectivity index (χ3n) is 5.47. The summed E-state index contributed by atoms with van der Waals surface area (Å²) in [5.41, 5.74) is 4.27. The molecule has 6 nitrogen and oxygen atoms in total. The summed E-state index contributed by atoms with van der Waals surface area (Å²) < 4.78 is 7.38. The molecule has 1 atom stereocenters. The second kappa shape index (κ2) is 9.44. The summed E-state index contributed by atoms with van der Waals surface area (Å²) in [6.07, 6.45) is 3.86. The van der Waals surface area contributed by atoms with Gasteiger partial charge in [-0.3, -0.25) is 9.48 Å². The number of carbonyl (C=O) groups is 1. The number of fused-ring (bicyclic) bond motifs is 1. The van der Waals surface area contributed by atoms with Crippen molar-refractivity contribution in [1.82, 2.24) is 20.0 Å². The van der Waals surface area contributed by atoms with Gasteiger partial charge in [-0.1, -0.05) is 26.0 Å². The number of nitrogens with one attached hydrogen (secondary N) is 1. The van der Waals surface area contributed by atoms with E-state index < -0.39 is 0 Å². The number of aromatic nitrogens is 2. The summed E-state index contributed by atoms with van der Waals surface area (Å²) in [6, 6.07) is 8.59. The van der Waals surface area contributed by atoms with Crippen LogP contribution in [0.15, 0.2) is 24.3 Å². The van der Waals surface area contributed by atoms with Crippen LogP contribution in [0.4, 0.5) is 0 Å². The molecule has 1 amide bonds. The molecule has 2 aromatic rings. The summed E-state index contributed by atoms with van der Waals surface area (Å²) in [6.45, 7) is 6.14. The van der Waals surface area contributed by atoms with E-state index in [9.17, 15) is 4.79 Å². The zero-order valence-electron chi connectivity index (χ0n) is 18.4. The Labute approximate surface area is 174 Å². The average Bonchev–Trinajstić information content (AvgIpc) is 3.04.